The van der Waals surface area contributed by atoms with Gasteiger partial charge in [0.15, 0.2) is 6.61 Å². The molecule has 2 aromatic rings. The van der Waals surface area contributed by atoms with Crippen LogP contribution in [0.2, 0.25) is 5.02 Å². The van der Waals surface area contributed by atoms with Crippen LogP contribution >= 0.6 is 11.6 Å². The fourth-order valence-electron chi connectivity index (χ4n) is 4.83. The Balaban J connectivity index is 1.56. The Hall–Kier alpha value is -4.61. The highest BCUT2D eigenvalue weighted by Gasteiger charge is 2.39. The molecule has 14 heteroatoms. The number of esters is 2. The number of dihydropyridines is 1. The largest absolute Gasteiger partial charge is 0.489 e. The number of carbonyl (C=O) groups is 3. The number of methoxy groups -OCH3 is 2. The zero-order valence-electron chi connectivity index (χ0n) is 27.6. The number of halogens is 1. The Morgan fingerprint density at radius 2 is 1.77 bits per heavy atom. The summed E-state index contributed by atoms with van der Waals surface area (Å²) in [5, 5.41) is 28.8. The summed E-state index contributed by atoms with van der Waals surface area (Å²) < 4.78 is 27.0. The number of nitrogens with zero attached hydrogens (tertiary/aromatic N) is 1. The average Bonchev–Trinajstić information content (AvgIpc) is 3.08. The smallest absolute Gasteiger partial charge is 0.336 e. The molecule has 0 saturated heterocycles. The first kappa shape index (κ1) is 37.8. The van der Waals surface area contributed by atoms with Crippen molar-refractivity contribution in [1.29, 1.82) is 5.26 Å². The first-order valence-electron chi connectivity index (χ1n) is 15.2. The van der Waals surface area contributed by atoms with Gasteiger partial charge in [0.25, 0.3) is 5.91 Å². The molecule has 0 aliphatic carbocycles. The number of aliphatic hydroxyl groups excluding tert-OH is 1. The quantitative estimate of drug-likeness (QED) is 0.142. The minimum atomic E-state index is -0.879. The van der Waals surface area contributed by atoms with E-state index >= 15 is 0 Å². The summed E-state index contributed by atoms with van der Waals surface area (Å²) in [7, 11) is 2.49. The molecule has 1 heterocycles. The summed E-state index contributed by atoms with van der Waals surface area (Å²) >= 11 is 6.50. The Morgan fingerprint density at radius 3 is 2.44 bits per heavy atom. The molecule has 0 bridgehead atoms. The first-order valence-corrected chi connectivity index (χ1v) is 15.6. The summed E-state index contributed by atoms with van der Waals surface area (Å²) in [6.45, 7) is 5.79. The van der Waals surface area contributed by atoms with Crippen LogP contribution in [-0.2, 0) is 28.6 Å². The lowest BCUT2D eigenvalue weighted by atomic mass is 9.80. The third-order valence-electron chi connectivity index (χ3n) is 7.12. The molecule has 0 fully saturated rings. The van der Waals surface area contributed by atoms with Crippen molar-refractivity contribution in [2.45, 2.75) is 38.8 Å². The number of rotatable bonds is 17. The lowest BCUT2D eigenvalue weighted by Gasteiger charge is -2.31. The van der Waals surface area contributed by atoms with Crippen LogP contribution in [-0.4, -0.2) is 88.8 Å². The third-order valence-corrected chi connectivity index (χ3v) is 7.47. The average molecular weight is 685 g/mol. The molecule has 2 aromatic carbocycles. The molecule has 4 N–H and O–H groups in total. The van der Waals surface area contributed by atoms with Crippen LogP contribution in [0, 0.1) is 11.3 Å². The number of amides is 1. The summed E-state index contributed by atoms with van der Waals surface area (Å²) in [4.78, 5) is 38.3. The minimum Gasteiger partial charge on any atom is -0.489 e. The molecule has 1 aliphatic heterocycles. The van der Waals surface area contributed by atoms with Gasteiger partial charge in [0.1, 0.15) is 30.3 Å². The Morgan fingerprint density at radius 1 is 1.06 bits per heavy atom. The molecule has 3 rings (SSSR count). The van der Waals surface area contributed by atoms with E-state index < -0.39 is 29.9 Å². The molecule has 48 heavy (non-hydrogen) atoms. The van der Waals surface area contributed by atoms with Crippen molar-refractivity contribution in [3.63, 3.8) is 0 Å². The van der Waals surface area contributed by atoms with Crippen molar-refractivity contribution in [3.05, 3.63) is 81.2 Å². The van der Waals surface area contributed by atoms with Gasteiger partial charge in [-0.2, -0.15) is 5.26 Å². The van der Waals surface area contributed by atoms with E-state index in [2.05, 4.69) is 16.0 Å². The molecule has 0 radical (unpaired) electrons. The molecule has 0 spiro atoms. The standard InChI is InChI=1S/C34H41ClN4O9/c1-20(2)38-16-23(40)17-48-28-11-10-24(14-22(28)15-36)47-19-29(41)37-12-13-46-18-27-32(34(43)45-5)31(25-8-6-7-9-26(25)35)30(21(3)39-27)33(42)44-4/h6-11,14,20,23,31,38-40H,12-13,16-19H2,1-5H3,(H,37,41). The Bertz CT molecular complexity index is 1570. The molecular weight excluding hydrogens is 644 g/mol. The van der Waals surface area contributed by atoms with Crippen LogP contribution in [0.1, 0.15) is 37.8 Å². The number of hydrogen-bond acceptors (Lipinski definition) is 12. The van der Waals surface area contributed by atoms with Gasteiger partial charge in [-0.1, -0.05) is 43.6 Å². The number of hydrogen-bond donors (Lipinski definition) is 4. The van der Waals surface area contributed by atoms with Crippen LogP contribution in [0.15, 0.2) is 65.0 Å². The van der Waals surface area contributed by atoms with Crippen LogP contribution in [0.3, 0.4) is 0 Å². The summed E-state index contributed by atoms with van der Waals surface area (Å²) in [6, 6.07) is 13.7. The number of ether oxygens (including phenoxy) is 5. The summed E-state index contributed by atoms with van der Waals surface area (Å²) in [6.07, 6.45) is -0.751. The van der Waals surface area contributed by atoms with Crippen LogP contribution < -0.4 is 25.4 Å². The van der Waals surface area contributed by atoms with Crippen molar-refractivity contribution in [2.75, 3.05) is 53.7 Å². The second-order valence-corrected chi connectivity index (χ2v) is 11.4. The van der Waals surface area contributed by atoms with E-state index in [-0.39, 0.29) is 55.7 Å². The van der Waals surface area contributed by atoms with E-state index in [1.807, 2.05) is 19.9 Å². The van der Waals surface area contributed by atoms with Gasteiger partial charge in [0.05, 0.1) is 55.8 Å². The summed E-state index contributed by atoms with van der Waals surface area (Å²) in [5.41, 5.74) is 1.89. The number of nitriles is 1. The highest BCUT2D eigenvalue weighted by molar-refractivity contribution is 6.31. The van der Waals surface area contributed by atoms with Crippen molar-refractivity contribution >= 4 is 29.4 Å². The van der Waals surface area contributed by atoms with Gasteiger partial charge >= 0.3 is 11.9 Å². The van der Waals surface area contributed by atoms with Crippen molar-refractivity contribution < 1.29 is 43.2 Å². The van der Waals surface area contributed by atoms with E-state index in [1.165, 1.54) is 20.3 Å². The van der Waals surface area contributed by atoms with E-state index in [1.54, 1.807) is 43.3 Å². The number of carbonyl (C=O) groups excluding carboxylic acids is 3. The predicted molar refractivity (Wildman–Crippen MR) is 176 cm³/mol. The van der Waals surface area contributed by atoms with Gasteiger partial charge < -0.3 is 44.7 Å². The monoisotopic (exact) mass is 684 g/mol. The maximum atomic E-state index is 13.1. The normalized spacial score (nSPS) is 14.9. The highest BCUT2D eigenvalue weighted by Crippen LogP contribution is 2.41. The zero-order valence-corrected chi connectivity index (χ0v) is 28.3. The molecule has 2 unspecified atom stereocenters. The van der Waals surface area contributed by atoms with Gasteiger partial charge in [0.2, 0.25) is 0 Å². The van der Waals surface area contributed by atoms with E-state index in [9.17, 15) is 24.8 Å². The van der Waals surface area contributed by atoms with Crippen molar-refractivity contribution in [3.8, 4) is 17.6 Å². The SMILES string of the molecule is COC(=O)C1=C(C)NC(COCCNC(=O)COc2ccc(OCC(O)CNC(C)C)c(C#N)c2)=C(C(=O)OC)C1c1ccccc1Cl. The fourth-order valence-corrected chi connectivity index (χ4v) is 5.07. The molecule has 1 aliphatic rings. The minimum absolute atomic E-state index is 0.00320. The van der Waals surface area contributed by atoms with Crippen LogP contribution in [0.25, 0.3) is 0 Å². The molecule has 2 atom stereocenters. The van der Waals surface area contributed by atoms with Crippen molar-refractivity contribution in [1.82, 2.24) is 16.0 Å². The second kappa shape index (κ2) is 18.7. The van der Waals surface area contributed by atoms with E-state index in [4.69, 9.17) is 35.3 Å². The predicted octanol–water partition coefficient (Wildman–Crippen LogP) is 2.72. The summed E-state index contributed by atoms with van der Waals surface area (Å²) in [5.74, 6) is -2.03. The van der Waals surface area contributed by atoms with Gasteiger partial charge in [-0.25, -0.2) is 9.59 Å². The van der Waals surface area contributed by atoms with Crippen molar-refractivity contribution in [2.24, 2.45) is 0 Å². The lowest BCUT2D eigenvalue weighted by molar-refractivity contribution is -0.137. The Kier molecular flexibility index (Phi) is 14.7. The lowest BCUT2D eigenvalue weighted by Crippen LogP contribution is -2.35. The van der Waals surface area contributed by atoms with Gasteiger partial charge in [-0.3, -0.25) is 4.79 Å². The van der Waals surface area contributed by atoms with Gasteiger partial charge in [0, 0.05) is 35.9 Å². The number of benzene rings is 2. The molecule has 1 amide bonds. The maximum absolute atomic E-state index is 13.1. The van der Waals surface area contributed by atoms with E-state index in [0.717, 1.165) is 0 Å². The topological polar surface area (TPSA) is 177 Å². The number of aliphatic hydroxyl groups is 1. The number of allylic oxidation sites excluding steroid dienone is 1. The van der Waals surface area contributed by atoms with Crippen LogP contribution in [0.4, 0.5) is 0 Å². The molecule has 0 aromatic heterocycles. The van der Waals surface area contributed by atoms with Gasteiger partial charge in [-0.05, 0) is 30.7 Å². The van der Waals surface area contributed by atoms with Crippen LogP contribution in [0.5, 0.6) is 11.5 Å². The maximum Gasteiger partial charge on any atom is 0.336 e. The molecule has 0 saturated carbocycles. The molecule has 13 nitrogen and oxygen atoms in total. The first-order chi connectivity index (χ1) is 23.0. The van der Waals surface area contributed by atoms with E-state index in [0.29, 0.717) is 40.0 Å². The highest BCUT2D eigenvalue weighted by atomic mass is 35.5. The zero-order chi connectivity index (χ0) is 35.2. The number of nitrogens with one attached hydrogen (secondary N) is 3. The fraction of sp³-hybridized carbons (Fsp3) is 0.412. The molecular formula is C34H41ClN4O9. The van der Waals surface area contributed by atoms with Gasteiger partial charge in [-0.15, -0.1) is 0 Å². The third kappa shape index (κ3) is 10.4. The Labute approximate surface area is 284 Å². The molecule has 258 valence electrons. The second-order valence-electron chi connectivity index (χ2n) is 11.0.